The van der Waals surface area contributed by atoms with Gasteiger partial charge in [-0.15, -0.1) is 0 Å². The van der Waals surface area contributed by atoms with E-state index in [-0.39, 0.29) is 0 Å². The number of carboxylic acid groups (broad SMARTS) is 1. The van der Waals surface area contributed by atoms with Crippen LogP contribution in [-0.4, -0.2) is 31.0 Å². The molecule has 164 valence electrons. The Morgan fingerprint density at radius 3 is 2.45 bits per heavy atom. The van der Waals surface area contributed by atoms with Gasteiger partial charge in [-0.3, -0.25) is 9.78 Å². The maximum Gasteiger partial charge on any atom is 0.303 e. The van der Waals surface area contributed by atoms with Crippen LogP contribution >= 0.6 is 0 Å². The second-order valence-corrected chi connectivity index (χ2v) is 8.66. The number of hydrogen-bond acceptors (Lipinski definition) is 5. The zero-order valence-electron chi connectivity index (χ0n) is 18.0. The third kappa shape index (κ3) is 4.46. The van der Waals surface area contributed by atoms with Gasteiger partial charge in [-0.05, 0) is 61.3 Å². The van der Waals surface area contributed by atoms with E-state index in [1.807, 2.05) is 12.1 Å². The van der Waals surface area contributed by atoms with Crippen molar-refractivity contribution in [3.63, 3.8) is 0 Å². The maximum absolute atomic E-state index is 10.9. The van der Waals surface area contributed by atoms with Crippen LogP contribution in [0.4, 0.5) is 0 Å². The van der Waals surface area contributed by atoms with Gasteiger partial charge in [-0.1, -0.05) is 24.3 Å². The van der Waals surface area contributed by atoms with E-state index in [4.69, 9.17) is 10.4 Å². The van der Waals surface area contributed by atoms with Crippen LogP contribution in [0.3, 0.4) is 0 Å². The number of aromatic amines is 1. The molecule has 1 aromatic carbocycles. The van der Waals surface area contributed by atoms with E-state index in [2.05, 4.69) is 50.3 Å². The zero-order valence-corrected chi connectivity index (χ0v) is 18.0. The van der Waals surface area contributed by atoms with E-state index in [9.17, 15) is 4.79 Å². The largest absolute Gasteiger partial charge is 0.481 e. The average Bonchev–Trinajstić information content (AvgIpc) is 3.28. The fourth-order valence-electron chi connectivity index (χ4n) is 4.68. The Kier molecular flexibility index (Phi) is 5.57. The minimum absolute atomic E-state index is 0.290. The zero-order chi connectivity index (χ0) is 22.8. The summed E-state index contributed by atoms with van der Waals surface area (Å²) < 4.78 is 0. The average molecular weight is 438 g/mol. The van der Waals surface area contributed by atoms with E-state index in [1.54, 1.807) is 12.3 Å². The van der Waals surface area contributed by atoms with Gasteiger partial charge in [-0.2, -0.15) is 5.26 Å². The molecule has 0 aliphatic heterocycles. The molecule has 3 aromatic heterocycles. The van der Waals surface area contributed by atoms with Gasteiger partial charge in [0, 0.05) is 29.9 Å². The number of nitrogens with one attached hydrogen (secondary N) is 1. The Morgan fingerprint density at radius 2 is 1.79 bits per heavy atom. The van der Waals surface area contributed by atoms with Crippen LogP contribution in [0.1, 0.15) is 49.1 Å². The summed E-state index contributed by atoms with van der Waals surface area (Å²) in [7, 11) is 0. The number of aliphatic carboxylic acids is 1. The Morgan fingerprint density at radius 1 is 1.03 bits per heavy atom. The fourth-order valence-corrected chi connectivity index (χ4v) is 4.68. The summed E-state index contributed by atoms with van der Waals surface area (Å²) >= 11 is 0. The quantitative estimate of drug-likeness (QED) is 0.437. The highest BCUT2D eigenvalue weighted by Gasteiger charge is 2.24. The number of carbonyl (C=O) groups is 1. The summed E-state index contributed by atoms with van der Waals surface area (Å²) in [6, 6.07) is 16.3. The first kappa shape index (κ1) is 20.8. The van der Waals surface area contributed by atoms with Gasteiger partial charge < -0.3 is 10.1 Å². The van der Waals surface area contributed by atoms with Gasteiger partial charge >= 0.3 is 5.97 Å². The monoisotopic (exact) mass is 437 g/mol. The van der Waals surface area contributed by atoms with Gasteiger partial charge in [-0.25, -0.2) is 9.97 Å². The van der Waals surface area contributed by atoms with Crippen LogP contribution in [0.5, 0.6) is 0 Å². The molecule has 0 spiro atoms. The molecule has 7 heteroatoms. The first-order chi connectivity index (χ1) is 16.1. The molecule has 5 rings (SSSR count). The minimum atomic E-state index is -0.688. The van der Waals surface area contributed by atoms with E-state index in [0.717, 1.165) is 48.0 Å². The first-order valence-corrected chi connectivity index (χ1v) is 11.1. The molecule has 0 amide bonds. The molecule has 1 aliphatic carbocycles. The molecule has 1 fully saturated rings. The molecular formula is C26H23N5O2. The number of rotatable bonds is 5. The second-order valence-electron chi connectivity index (χ2n) is 8.66. The predicted octanol–water partition coefficient (Wildman–Crippen LogP) is 5.31. The van der Waals surface area contributed by atoms with Gasteiger partial charge in [0.1, 0.15) is 11.9 Å². The third-order valence-corrected chi connectivity index (χ3v) is 6.49. The Bertz CT molecular complexity index is 1330. The summed E-state index contributed by atoms with van der Waals surface area (Å²) in [5.41, 5.74) is 5.89. The molecule has 0 saturated heterocycles. The van der Waals surface area contributed by atoms with Gasteiger partial charge in [0.25, 0.3) is 0 Å². The number of hydrogen-bond donors (Lipinski definition) is 2. The fraction of sp³-hybridized carbons (Fsp3) is 0.269. The number of aromatic nitrogens is 4. The third-order valence-electron chi connectivity index (χ3n) is 6.49. The molecule has 2 N–H and O–H groups in total. The maximum atomic E-state index is 10.9. The van der Waals surface area contributed by atoms with E-state index < -0.39 is 5.97 Å². The van der Waals surface area contributed by atoms with E-state index in [0.29, 0.717) is 35.3 Å². The number of benzene rings is 1. The predicted molar refractivity (Wildman–Crippen MR) is 124 cm³/mol. The molecule has 0 radical (unpaired) electrons. The standard InChI is InChI=1S/C26H23N5O2/c27-13-17-11-23-26(29-14-17)31-25(30-23)21-9-10-22(28-15-21)20-7-5-19(6-8-20)18-3-1-16(2-4-18)12-24(32)33/h5-11,14-16,18H,1-4,12H2,(H,32,33)(H,29,30,31). The Hall–Kier alpha value is -4.05. The lowest BCUT2D eigenvalue weighted by molar-refractivity contribution is -0.138. The number of pyridine rings is 2. The van der Waals surface area contributed by atoms with Crippen LogP contribution in [0.15, 0.2) is 54.9 Å². The number of fused-ring (bicyclic) bond motifs is 1. The molecule has 0 atom stereocenters. The minimum Gasteiger partial charge on any atom is -0.481 e. The highest BCUT2D eigenvalue weighted by atomic mass is 16.4. The first-order valence-electron chi connectivity index (χ1n) is 11.1. The van der Waals surface area contributed by atoms with Gasteiger partial charge in [0.05, 0.1) is 16.8 Å². The summed E-state index contributed by atoms with van der Waals surface area (Å²) in [6.45, 7) is 0. The van der Waals surface area contributed by atoms with Crippen LogP contribution < -0.4 is 0 Å². The molecule has 1 aliphatic rings. The smallest absolute Gasteiger partial charge is 0.303 e. The van der Waals surface area contributed by atoms with Crippen molar-refractivity contribution in [1.82, 2.24) is 19.9 Å². The van der Waals surface area contributed by atoms with Crippen LogP contribution in [0.2, 0.25) is 0 Å². The van der Waals surface area contributed by atoms with Crippen molar-refractivity contribution in [1.29, 1.82) is 5.26 Å². The molecular weight excluding hydrogens is 414 g/mol. The number of imidazole rings is 1. The van der Waals surface area contributed by atoms with Crippen LogP contribution in [0, 0.1) is 17.2 Å². The van der Waals surface area contributed by atoms with Crippen molar-refractivity contribution >= 4 is 17.1 Å². The van der Waals surface area contributed by atoms with E-state index in [1.165, 1.54) is 11.8 Å². The van der Waals surface area contributed by atoms with Gasteiger partial charge in [0.15, 0.2) is 5.65 Å². The number of carboxylic acids is 1. The Balaban J connectivity index is 1.28. The molecule has 1 saturated carbocycles. The molecule has 3 heterocycles. The van der Waals surface area contributed by atoms with Gasteiger partial charge in [0.2, 0.25) is 0 Å². The van der Waals surface area contributed by atoms with Crippen LogP contribution in [-0.2, 0) is 4.79 Å². The molecule has 0 unspecified atom stereocenters. The lowest BCUT2D eigenvalue weighted by Crippen LogP contribution is -2.16. The molecule has 4 aromatic rings. The van der Waals surface area contributed by atoms with Crippen molar-refractivity contribution in [3.05, 3.63) is 66.0 Å². The lowest BCUT2D eigenvalue weighted by atomic mass is 9.77. The topological polar surface area (TPSA) is 116 Å². The van der Waals surface area contributed by atoms with Crippen molar-refractivity contribution in [2.75, 3.05) is 0 Å². The normalized spacial score (nSPS) is 18.2. The van der Waals surface area contributed by atoms with Crippen LogP contribution in [0.25, 0.3) is 33.8 Å². The highest BCUT2D eigenvalue weighted by molar-refractivity contribution is 5.77. The van der Waals surface area contributed by atoms with Crippen molar-refractivity contribution in [2.45, 2.75) is 38.0 Å². The van der Waals surface area contributed by atoms with E-state index >= 15 is 0 Å². The van der Waals surface area contributed by atoms with Crippen molar-refractivity contribution < 1.29 is 9.90 Å². The lowest BCUT2D eigenvalue weighted by Gasteiger charge is -2.28. The second kappa shape index (κ2) is 8.83. The Labute approximate surface area is 191 Å². The summed E-state index contributed by atoms with van der Waals surface area (Å²) in [5.74, 6) is 0.797. The summed E-state index contributed by atoms with van der Waals surface area (Å²) in [4.78, 5) is 27.5. The number of nitrogens with zero attached hydrogens (tertiary/aromatic N) is 4. The molecule has 33 heavy (non-hydrogen) atoms. The van der Waals surface area contributed by atoms with Crippen molar-refractivity contribution in [2.24, 2.45) is 5.92 Å². The molecule has 0 bridgehead atoms. The number of H-pyrrole nitrogens is 1. The summed E-state index contributed by atoms with van der Waals surface area (Å²) in [5, 5.41) is 18.0. The SMILES string of the molecule is N#Cc1cnc2nc(-c3ccc(-c4ccc(C5CCC(CC(=O)O)CC5)cc4)nc3)[nH]c2c1. The highest BCUT2D eigenvalue weighted by Crippen LogP contribution is 2.37. The summed E-state index contributed by atoms with van der Waals surface area (Å²) in [6.07, 6.45) is 7.65. The van der Waals surface area contributed by atoms with Crippen molar-refractivity contribution in [3.8, 4) is 28.7 Å². The number of nitriles is 1. The molecule has 7 nitrogen and oxygen atoms in total.